The van der Waals surface area contributed by atoms with Crippen molar-refractivity contribution < 1.29 is 4.79 Å². The van der Waals surface area contributed by atoms with Crippen LogP contribution >= 0.6 is 0 Å². The SMILES string of the molecule is CCNCC(C)C(=O)Nc1cccnn1. The zero-order valence-corrected chi connectivity index (χ0v) is 9.03. The molecule has 0 saturated heterocycles. The van der Waals surface area contributed by atoms with Gasteiger partial charge in [0.15, 0.2) is 5.82 Å². The average Bonchev–Trinajstić information content (AvgIpc) is 2.27. The molecule has 1 amide bonds. The number of aromatic nitrogens is 2. The first-order valence-electron chi connectivity index (χ1n) is 5.03. The van der Waals surface area contributed by atoms with Crippen LogP contribution in [-0.4, -0.2) is 29.2 Å². The van der Waals surface area contributed by atoms with Crippen molar-refractivity contribution in [3.8, 4) is 0 Å². The number of carbonyl (C=O) groups is 1. The van der Waals surface area contributed by atoms with Gasteiger partial charge in [-0.3, -0.25) is 4.79 Å². The van der Waals surface area contributed by atoms with Crippen LogP contribution in [0.25, 0.3) is 0 Å². The molecule has 1 aromatic heterocycles. The van der Waals surface area contributed by atoms with Crippen LogP contribution in [0, 0.1) is 5.92 Å². The van der Waals surface area contributed by atoms with Gasteiger partial charge in [0.05, 0.1) is 0 Å². The third kappa shape index (κ3) is 4.03. The van der Waals surface area contributed by atoms with E-state index in [0.29, 0.717) is 12.4 Å². The van der Waals surface area contributed by atoms with Gasteiger partial charge in [-0.1, -0.05) is 13.8 Å². The van der Waals surface area contributed by atoms with Crippen molar-refractivity contribution in [2.75, 3.05) is 18.4 Å². The van der Waals surface area contributed by atoms with Crippen molar-refractivity contribution in [2.45, 2.75) is 13.8 Å². The third-order valence-corrected chi connectivity index (χ3v) is 1.97. The number of nitrogens with one attached hydrogen (secondary N) is 2. The van der Waals surface area contributed by atoms with E-state index in [1.807, 2.05) is 13.8 Å². The molecule has 0 aliphatic rings. The minimum absolute atomic E-state index is 0.0450. The number of anilines is 1. The molecule has 15 heavy (non-hydrogen) atoms. The van der Waals surface area contributed by atoms with Crippen LogP contribution < -0.4 is 10.6 Å². The minimum atomic E-state index is -0.0769. The lowest BCUT2D eigenvalue weighted by molar-refractivity contribution is -0.119. The molecule has 1 heterocycles. The molecule has 82 valence electrons. The fourth-order valence-corrected chi connectivity index (χ4v) is 1.07. The molecule has 1 aromatic rings. The van der Waals surface area contributed by atoms with Crippen LogP contribution in [0.2, 0.25) is 0 Å². The van der Waals surface area contributed by atoms with Gasteiger partial charge in [-0.25, -0.2) is 0 Å². The molecule has 0 saturated carbocycles. The van der Waals surface area contributed by atoms with E-state index in [9.17, 15) is 4.79 Å². The lowest BCUT2D eigenvalue weighted by Gasteiger charge is -2.11. The van der Waals surface area contributed by atoms with Crippen molar-refractivity contribution >= 4 is 11.7 Å². The largest absolute Gasteiger partial charge is 0.316 e. The molecule has 0 spiro atoms. The molecule has 0 fully saturated rings. The van der Waals surface area contributed by atoms with Gasteiger partial charge in [-0.15, -0.1) is 5.10 Å². The van der Waals surface area contributed by atoms with Crippen LogP contribution in [0.5, 0.6) is 0 Å². The summed E-state index contributed by atoms with van der Waals surface area (Å²) in [6.45, 7) is 5.41. The minimum Gasteiger partial charge on any atom is -0.316 e. The smallest absolute Gasteiger partial charge is 0.229 e. The van der Waals surface area contributed by atoms with Gasteiger partial charge in [0.1, 0.15) is 0 Å². The van der Waals surface area contributed by atoms with Crippen LogP contribution in [0.1, 0.15) is 13.8 Å². The van der Waals surface area contributed by atoms with E-state index in [-0.39, 0.29) is 11.8 Å². The molecular weight excluding hydrogens is 192 g/mol. The Bertz CT molecular complexity index is 302. The van der Waals surface area contributed by atoms with E-state index >= 15 is 0 Å². The van der Waals surface area contributed by atoms with Gasteiger partial charge in [0.25, 0.3) is 0 Å². The lowest BCUT2D eigenvalue weighted by Crippen LogP contribution is -2.30. The highest BCUT2D eigenvalue weighted by Gasteiger charge is 2.12. The zero-order chi connectivity index (χ0) is 11.1. The van der Waals surface area contributed by atoms with Crippen LogP contribution in [0.15, 0.2) is 18.3 Å². The number of hydrogen-bond acceptors (Lipinski definition) is 4. The molecule has 0 bridgehead atoms. The summed E-state index contributed by atoms with van der Waals surface area (Å²) in [5.41, 5.74) is 0. The molecule has 0 aromatic carbocycles. The van der Waals surface area contributed by atoms with Crippen LogP contribution in [0.4, 0.5) is 5.82 Å². The maximum Gasteiger partial charge on any atom is 0.229 e. The number of hydrogen-bond donors (Lipinski definition) is 2. The summed E-state index contributed by atoms with van der Waals surface area (Å²) in [7, 11) is 0. The van der Waals surface area contributed by atoms with Crippen LogP contribution in [0.3, 0.4) is 0 Å². The Morgan fingerprint density at radius 2 is 2.40 bits per heavy atom. The van der Waals surface area contributed by atoms with Gasteiger partial charge in [-0.2, -0.15) is 5.10 Å². The number of carbonyl (C=O) groups excluding carboxylic acids is 1. The van der Waals surface area contributed by atoms with Gasteiger partial charge in [0, 0.05) is 18.7 Å². The Morgan fingerprint density at radius 3 is 3.00 bits per heavy atom. The van der Waals surface area contributed by atoms with Crippen LogP contribution in [-0.2, 0) is 4.79 Å². The molecule has 1 unspecified atom stereocenters. The fraction of sp³-hybridized carbons (Fsp3) is 0.500. The predicted molar refractivity (Wildman–Crippen MR) is 58.4 cm³/mol. The monoisotopic (exact) mass is 208 g/mol. The first kappa shape index (κ1) is 11.6. The number of nitrogens with zero attached hydrogens (tertiary/aromatic N) is 2. The van der Waals surface area contributed by atoms with Crippen molar-refractivity contribution in [1.29, 1.82) is 0 Å². The summed E-state index contributed by atoms with van der Waals surface area (Å²) in [4.78, 5) is 11.6. The van der Waals surface area contributed by atoms with Gasteiger partial charge < -0.3 is 10.6 Å². The summed E-state index contributed by atoms with van der Waals surface area (Å²) in [5.74, 6) is 0.370. The second-order valence-electron chi connectivity index (χ2n) is 3.31. The molecule has 0 radical (unpaired) electrons. The van der Waals surface area contributed by atoms with Crippen molar-refractivity contribution in [2.24, 2.45) is 5.92 Å². The van der Waals surface area contributed by atoms with E-state index in [1.54, 1.807) is 18.3 Å². The van der Waals surface area contributed by atoms with E-state index in [1.165, 1.54) is 0 Å². The van der Waals surface area contributed by atoms with E-state index in [4.69, 9.17) is 0 Å². The van der Waals surface area contributed by atoms with E-state index in [2.05, 4.69) is 20.8 Å². The molecule has 5 nitrogen and oxygen atoms in total. The van der Waals surface area contributed by atoms with Crippen molar-refractivity contribution in [1.82, 2.24) is 15.5 Å². The molecule has 0 aliphatic heterocycles. The Hall–Kier alpha value is -1.49. The standard InChI is InChI=1S/C10H16N4O/c1-3-11-7-8(2)10(15)13-9-5-4-6-12-14-9/h4-6,8,11H,3,7H2,1-2H3,(H,13,14,15). The highest BCUT2D eigenvalue weighted by atomic mass is 16.1. The Labute approximate surface area is 89.3 Å². The predicted octanol–water partition coefficient (Wildman–Crippen LogP) is 0.661. The average molecular weight is 208 g/mol. The van der Waals surface area contributed by atoms with Crippen molar-refractivity contribution in [3.63, 3.8) is 0 Å². The Morgan fingerprint density at radius 1 is 1.60 bits per heavy atom. The molecule has 5 heteroatoms. The summed E-state index contributed by atoms with van der Waals surface area (Å²) < 4.78 is 0. The van der Waals surface area contributed by atoms with Gasteiger partial charge >= 0.3 is 0 Å². The first-order valence-corrected chi connectivity index (χ1v) is 5.03. The number of rotatable bonds is 5. The summed E-state index contributed by atoms with van der Waals surface area (Å²) in [6.07, 6.45) is 1.57. The maximum atomic E-state index is 11.6. The Balaban J connectivity index is 2.42. The normalized spacial score (nSPS) is 12.1. The summed E-state index contributed by atoms with van der Waals surface area (Å²) in [5, 5.41) is 13.3. The fourth-order valence-electron chi connectivity index (χ4n) is 1.07. The van der Waals surface area contributed by atoms with Gasteiger partial charge in [-0.05, 0) is 18.7 Å². The molecule has 0 aliphatic carbocycles. The first-order chi connectivity index (χ1) is 7.24. The molecule has 1 rings (SSSR count). The third-order valence-electron chi connectivity index (χ3n) is 1.97. The lowest BCUT2D eigenvalue weighted by atomic mass is 10.1. The van der Waals surface area contributed by atoms with E-state index in [0.717, 1.165) is 6.54 Å². The molecular formula is C10H16N4O. The second-order valence-corrected chi connectivity index (χ2v) is 3.31. The number of amides is 1. The highest BCUT2D eigenvalue weighted by molar-refractivity contribution is 5.91. The highest BCUT2D eigenvalue weighted by Crippen LogP contribution is 2.02. The van der Waals surface area contributed by atoms with Crippen molar-refractivity contribution in [3.05, 3.63) is 18.3 Å². The van der Waals surface area contributed by atoms with E-state index < -0.39 is 0 Å². The topological polar surface area (TPSA) is 66.9 Å². The Kier molecular flexibility index (Phi) is 4.70. The quantitative estimate of drug-likeness (QED) is 0.746. The molecule has 2 N–H and O–H groups in total. The van der Waals surface area contributed by atoms with Gasteiger partial charge in [0.2, 0.25) is 5.91 Å². The second kappa shape index (κ2) is 6.08. The summed E-state index contributed by atoms with van der Waals surface area (Å²) in [6, 6.07) is 3.45. The summed E-state index contributed by atoms with van der Waals surface area (Å²) >= 11 is 0. The molecule has 1 atom stereocenters. The maximum absolute atomic E-state index is 11.6. The zero-order valence-electron chi connectivity index (χ0n) is 9.03.